The van der Waals surface area contributed by atoms with Crippen LogP contribution in [0.4, 0.5) is 11.6 Å². The summed E-state index contributed by atoms with van der Waals surface area (Å²) in [6, 6.07) is 11.8. The number of anilines is 2. The number of hydrogen-bond acceptors (Lipinski definition) is 5. The van der Waals surface area contributed by atoms with Crippen molar-refractivity contribution in [1.82, 2.24) is 24.6 Å². The number of piperidine rings is 1. The summed E-state index contributed by atoms with van der Waals surface area (Å²) in [6.07, 6.45) is 8.32. The van der Waals surface area contributed by atoms with Gasteiger partial charge in [-0.05, 0) is 69.4 Å². The normalized spacial score (nSPS) is 16.5. The van der Waals surface area contributed by atoms with Crippen LogP contribution in [0, 0.1) is 19.8 Å². The molecule has 0 saturated carbocycles. The number of pyridine rings is 2. The zero-order chi connectivity index (χ0) is 22.5. The summed E-state index contributed by atoms with van der Waals surface area (Å²) < 4.78 is 1.85. The molecule has 1 N–H and O–H groups in total. The van der Waals surface area contributed by atoms with Crippen LogP contribution in [0.2, 0.25) is 0 Å². The average Bonchev–Trinajstić information content (AvgIpc) is 3.04. The van der Waals surface area contributed by atoms with E-state index >= 15 is 0 Å². The van der Waals surface area contributed by atoms with E-state index in [2.05, 4.69) is 21.5 Å². The Bertz CT molecular complexity index is 1100. The molecule has 3 aromatic heterocycles. The number of rotatable bonds is 6. The van der Waals surface area contributed by atoms with Crippen LogP contribution in [0.25, 0.3) is 6.08 Å². The number of likely N-dealkylation sites (tertiary alicyclic amines) is 1. The molecule has 1 aliphatic rings. The quantitative estimate of drug-likeness (QED) is 0.597. The molecule has 166 valence electrons. The van der Waals surface area contributed by atoms with Crippen molar-refractivity contribution in [2.45, 2.75) is 33.1 Å². The predicted octanol–water partition coefficient (Wildman–Crippen LogP) is 4.07. The molecule has 7 nitrogen and oxygen atoms in total. The summed E-state index contributed by atoms with van der Waals surface area (Å²) in [5.41, 5.74) is 4.06. The van der Waals surface area contributed by atoms with Crippen LogP contribution in [-0.4, -0.2) is 43.6 Å². The number of carbonyl (C=O) groups is 1. The standard InChI is InChI=1S/C25H30N6O/c1-18-22(19(2)30(3)29-18)12-13-25(32)31-15-7-8-20(17-31)16-21-9-6-11-24(27-21)28-23-10-4-5-14-26-23/h4-6,9-14,20H,7-8,15-17H2,1-3H3,(H,26,27,28)/b13-12+/t20-/m0/s1. The smallest absolute Gasteiger partial charge is 0.246 e. The van der Waals surface area contributed by atoms with Crippen LogP contribution in [0.5, 0.6) is 0 Å². The van der Waals surface area contributed by atoms with E-state index < -0.39 is 0 Å². The maximum atomic E-state index is 12.8. The monoisotopic (exact) mass is 430 g/mol. The number of nitrogens with zero attached hydrogens (tertiary/aromatic N) is 5. The fourth-order valence-electron chi connectivity index (χ4n) is 4.25. The summed E-state index contributed by atoms with van der Waals surface area (Å²) in [7, 11) is 1.92. The van der Waals surface area contributed by atoms with E-state index in [0.29, 0.717) is 5.92 Å². The minimum Gasteiger partial charge on any atom is -0.339 e. The number of carbonyl (C=O) groups excluding carboxylic acids is 1. The molecule has 3 aromatic rings. The molecule has 0 unspecified atom stereocenters. The average molecular weight is 431 g/mol. The Balaban J connectivity index is 1.37. The van der Waals surface area contributed by atoms with Gasteiger partial charge in [0, 0.05) is 49.4 Å². The third-order valence-corrected chi connectivity index (χ3v) is 6.01. The topological polar surface area (TPSA) is 75.9 Å². The van der Waals surface area contributed by atoms with Gasteiger partial charge in [0.1, 0.15) is 11.6 Å². The van der Waals surface area contributed by atoms with E-state index in [1.54, 1.807) is 12.3 Å². The zero-order valence-corrected chi connectivity index (χ0v) is 19.0. The fourth-order valence-corrected chi connectivity index (χ4v) is 4.25. The largest absolute Gasteiger partial charge is 0.339 e. The van der Waals surface area contributed by atoms with Crippen LogP contribution in [0.15, 0.2) is 48.7 Å². The van der Waals surface area contributed by atoms with Gasteiger partial charge >= 0.3 is 0 Å². The summed E-state index contributed by atoms with van der Waals surface area (Å²) in [4.78, 5) is 23.8. The molecule has 1 atom stereocenters. The Morgan fingerprint density at radius 3 is 2.78 bits per heavy atom. The van der Waals surface area contributed by atoms with Gasteiger partial charge in [-0.2, -0.15) is 5.10 Å². The predicted molar refractivity (Wildman–Crippen MR) is 126 cm³/mol. The van der Waals surface area contributed by atoms with Crippen LogP contribution < -0.4 is 5.32 Å². The molecule has 0 aromatic carbocycles. The second-order valence-electron chi connectivity index (χ2n) is 8.39. The molecule has 1 fully saturated rings. The van der Waals surface area contributed by atoms with Crippen molar-refractivity contribution < 1.29 is 4.79 Å². The lowest BCUT2D eigenvalue weighted by atomic mass is 9.93. The summed E-state index contributed by atoms with van der Waals surface area (Å²) >= 11 is 0. The highest BCUT2D eigenvalue weighted by Gasteiger charge is 2.23. The first-order chi connectivity index (χ1) is 15.5. The van der Waals surface area contributed by atoms with Crippen LogP contribution in [0.1, 0.15) is 35.5 Å². The van der Waals surface area contributed by atoms with E-state index in [1.807, 2.05) is 66.9 Å². The molecule has 0 bridgehead atoms. The highest BCUT2D eigenvalue weighted by molar-refractivity contribution is 5.92. The van der Waals surface area contributed by atoms with E-state index in [1.165, 1.54) is 0 Å². The molecular formula is C25H30N6O. The molecule has 7 heteroatoms. The maximum absolute atomic E-state index is 12.8. The highest BCUT2D eigenvalue weighted by atomic mass is 16.2. The maximum Gasteiger partial charge on any atom is 0.246 e. The first-order valence-corrected chi connectivity index (χ1v) is 11.1. The van der Waals surface area contributed by atoms with Crippen molar-refractivity contribution in [3.8, 4) is 0 Å². The Labute approximate surface area is 189 Å². The van der Waals surface area contributed by atoms with Gasteiger partial charge in [-0.15, -0.1) is 0 Å². The van der Waals surface area contributed by atoms with Gasteiger partial charge in [0.05, 0.1) is 5.69 Å². The molecule has 1 amide bonds. The molecular weight excluding hydrogens is 400 g/mol. The van der Waals surface area contributed by atoms with Gasteiger partial charge in [0.25, 0.3) is 0 Å². The lowest BCUT2D eigenvalue weighted by Crippen LogP contribution is -2.39. The summed E-state index contributed by atoms with van der Waals surface area (Å²) in [6.45, 7) is 5.55. The second-order valence-corrected chi connectivity index (χ2v) is 8.39. The van der Waals surface area contributed by atoms with Gasteiger partial charge in [-0.25, -0.2) is 9.97 Å². The number of aryl methyl sites for hydroxylation is 2. The number of nitrogens with one attached hydrogen (secondary N) is 1. The zero-order valence-electron chi connectivity index (χ0n) is 19.0. The molecule has 4 rings (SSSR count). The highest BCUT2D eigenvalue weighted by Crippen LogP contribution is 2.22. The second kappa shape index (κ2) is 9.77. The first kappa shape index (κ1) is 21.7. The van der Waals surface area contributed by atoms with Crippen LogP contribution in [0.3, 0.4) is 0 Å². The Kier molecular flexibility index (Phi) is 6.63. The van der Waals surface area contributed by atoms with Crippen molar-refractivity contribution in [2.75, 3.05) is 18.4 Å². The van der Waals surface area contributed by atoms with Crippen molar-refractivity contribution >= 4 is 23.6 Å². The molecule has 1 saturated heterocycles. The van der Waals surface area contributed by atoms with E-state index in [4.69, 9.17) is 4.98 Å². The third-order valence-electron chi connectivity index (χ3n) is 6.01. The Morgan fingerprint density at radius 2 is 2.03 bits per heavy atom. The van der Waals surface area contributed by atoms with Crippen molar-refractivity contribution in [1.29, 1.82) is 0 Å². The Morgan fingerprint density at radius 1 is 1.19 bits per heavy atom. The van der Waals surface area contributed by atoms with Crippen LogP contribution in [-0.2, 0) is 18.3 Å². The molecule has 0 aliphatic carbocycles. The molecule has 4 heterocycles. The lowest BCUT2D eigenvalue weighted by Gasteiger charge is -2.32. The lowest BCUT2D eigenvalue weighted by molar-refractivity contribution is -0.127. The molecule has 1 aliphatic heterocycles. The van der Waals surface area contributed by atoms with E-state index in [0.717, 1.165) is 66.6 Å². The minimum atomic E-state index is 0.0656. The molecule has 0 spiro atoms. The van der Waals surface area contributed by atoms with Crippen LogP contribution >= 0.6 is 0 Å². The van der Waals surface area contributed by atoms with Crippen molar-refractivity contribution in [3.05, 3.63) is 71.3 Å². The number of hydrogen-bond donors (Lipinski definition) is 1. The van der Waals surface area contributed by atoms with Gasteiger partial charge in [0.15, 0.2) is 0 Å². The van der Waals surface area contributed by atoms with E-state index in [-0.39, 0.29) is 5.91 Å². The van der Waals surface area contributed by atoms with E-state index in [9.17, 15) is 4.79 Å². The van der Waals surface area contributed by atoms with Gasteiger partial charge in [0.2, 0.25) is 5.91 Å². The summed E-state index contributed by atoms with van der Waals surface area (Å²) in [5, 5.41) is 7.67. The number of aromatic nitrogens is 4. The fraction of sp³-hybridized carbons (Fsp3) is 0.360. The van der Waals surface area contributed by atoms with Gasteiger partial charge in [-0.3, -0.25) is 9.48 Å². The van der Waals surface area contributed by atoms with Crippen molar-refractivity contribution in [3.63, 3.8) is 0 Å². The van der Waals surface area contributed by atoms with Crippen molar-refractivity contribution in [2.24, 2.45) is 13.0 Å². The van der Waals surface area contributed by atoms with Gasteiger partial charge < -0.3 is 10.2 Å². The van der Waals surface area contributed by atoms with Gasteiger partial charge in [-0.1, -0.05) is 12.1 Å². The molecule has 0 radical (unpaired) electrons. The summed E-state index contributed by atoms with van der Waals surface area (Å²) in [5.74, 6) is 2.03. The third kappa shape index (κ3) is 5.22. The molecule has 32 heavy (non-hydrogen) atoms. The first-order valence-electron chi connectivity index (χ1n) is 11.1. The minimum absolute atomic E-state index is 0.0656. The Hall–Kier alpha value is -3.48. The number of amides is 1. The SMILES string of the molecule is Cc1nn(C)c(C)c1/C=C/C(=O)N1CCC[C@@H](Cc2cccc(Nc3ccccn3)n2)C1.